The first kappa shape index (κ1) is 12.6. The van der Waals surface area contributed by atoms with Crippen molar-refractivity contribution in [1.29, 1.82) is 0 Å². The highest BCUT2D eigenvalue weighted by Crippen LogP contribution is 2.28. The minimum absolute atomic E-state index is 0.0000435. The van der Waals surface area contributed by atoms with Gasteiger partial charge in [0, 0.05) is 7.05 Å². The Labute approximate surface area is 110 Å². The van der Waals surface area contributed by atoms with Crippen molar-refractivity contribution in [3.63, 3.8) is 0 Å². The van der Waals surface area contributed by atoms with Gasteiger partial charge in [-0.2, -0.15) is 17.7 Å². The Kier molecular flexibility index (Phi) is 2.56. The molecule has 3 heterocycles. The molecule has 1 aliphatic rings. The summed E-state index contributed by atoms with van der Waals surface area (Å²) in [6.07, 6.45) is -4.64. The predicted molar refractivity (Wildman–Crippen MR) is 60.8 cm³/mol. The second-order valence-corrected chi connectivity index (χ2v) is 4.41. The Hall–Kier alpha value is -2.39. The van der Waals surface area contributed by atoms with Crippen LogP contribution in [0.3, 0.4) is 0 Å². The van der Waals surface area contributed by atoms with Crippen molar-refractivity contribution < 1.29 is 18.0 Å². The van der Waals surface area contributed by atoms with Gasteiger partial charge in [-0.3, -0.25) is 4.79 Å². The number of aromatic nitrogens is 4. The van der Waals surface area contributed by atoms with E-state index in [1.54, 1.807) is 11.9 Å². The molecule has 1 fully saturated rings. The van der Waals surface area contributed by atoms with E-state index in [9.17, 15) is 18.0 Å². The molecule has 0 aliphatic carbocycles. The van der Waals surface area contributed by atoms with E-state index in [1.165, 1.54) is 17.0 Å². The summed E-state index contributed by atoms with van der Waals surface area (Å²) < 4.78 is 38.9. The zero-order chi connectivity index (χ0) is 14.5. The molecule has 106 valence electrons. The number of hydrogen-bond donors (Lipinski definition) is 0. The molecule has 0 radical (unpaired) electrons. The number of rotatable bonds is 1. The normalized spacial score (nSPS) is 16.5. The fraction of sp³-hybridized carbons (Fsp3) is 0.400. The number of halogens is 3. The van der Waals surface area contributed by atoms with Crippen molar-refractivity contribution in [2.45, 2.75) is 6.18 Å². The molecule has 2 aromatic rings. The number of fused-ring (bicyclic) bond motifs is 1. The molecule has 10 heteroatoms. The zero-order valence-electron chi connectivity index (χ0n) is 10.3. The summed E-state index contributed by atoms with van der Waals surface area (Å²) >= 11 is 0. The van der Waals surface area contributed by atoms with Gasteiger partial charge in [0.15, 0.2) is 11.5 Å². The van der Waals surface area contributed by atoms with Crippen molar-refractivity contribution >= 4 is 17.4 Å². The van der Waals surface area contributed by atoms with Gasteiger partial charge in [-0.1, -0.05) is 0 Å². The lowest BCUT2D eigenvalue weighted by Gasteiger charge is -2.15. The van der Waals surface area contributed by atoms with Gasteiger partial charge in [0.25, 0.3) is 5.82 Å². The Morgan fingerprint density at radius 1 is 1.25 bits per heavy atom. The van der Waals surface area contributed by atoms with Crippen LogP contribution < -0.4 is 4.90 Å². The zero-order valence-corrected chi connectivity index (χ0v) is 10.3. The topological polar surface area (TPSA) is 66.6 Å². The van der Waals surface area contributed by atoms with E-state index in [-0.39, 0.29) is 30.6 Å². The van der Waals surface area contributed by atoms with E-state index in [1.807, 2.05) is 0 Å². The molecule has 1 amide bonds. The van der Waals surface area contributed by atoms with E-state index in [0.717, 1.165) is 0 Å². The van der Waals surface area contributed by atoms with Crippen LogP contribution >= 0.6 is 0 Å². The van der Waals surface area contributed by atoms with Crippen LogP contribution in [0, 0.1) is 0 Å². The third kappa shape index (κ3) is 1.92. The Balaban J connectivity index is 2.04. The van der Waals surface area contributed by atoms with Crippen LogP contribution in [-0.2, 0) is 11.0 Å². The van der Waals surface area contributed by atoms with Crippen molar-refractivity contribution in [1.82, 2.24) is 24.7 Å². The van der Waals surface area contributed by atoms with Gasteiger partial charge >= 0.3 is 6.18 Å². The molecule has 0 N–H and O–H groups in total. The smallest absolute Gasteiger partial charge is 0.328 e. The number of alkyl halides is 3. The van der Waals surface area contributed by atoms with Gasteiger partial charge in [0.2, 0.25) is 5.91 Å². The van der Waals surface area contributed by atoms with E-state index in [2.05, 4.69) is 15.3 Å². The minimum Gasteiger partial charge on any atom is -0.328 e. The number of carbonyl (C=O) groups is 1. The molecule has 2 aromatic heterocycles. The van der Waals surface area contributed by atoms with Crippen LogP contribution in [0.1, 0.15) is 5.82 Å². The monoisotopic (exact) mass is 286 g/mol. The van der Waals surface area contributed by atoms with Crippen LogP contribution in [0.2, 0.25) is 0 Å². The minimum atomic E-state index is -4.64. The van der Waals surface area contributed by atoms with Crippen LogP contribution in [0.4, 0.5) is 19.0 Å². The van der Waals surface area contributed by atoms with Gasteiger partial charge < -0.3 is 9.80 Å². The molecule has 1 aliphatic heterocycles. The van der Waals surface area contributed by atoms with E-state index in [0.29, 0.717) is 4.52 Å². The highest BCUT2D eigenvalue weighted by Gasteiger charge is 2.38. The average molecular weight is 286 g/mol. The molecular formula is C10H9F3N6O. The summed E-state index contributed by atoms with van der Waals surface area (Å²) in [7, 11) is 1.61. The van der Waals surface area contributed by atoms with Crippen molar-refractivity contribution in [3.8, 4) is 0 Å². The number of anilines is 1. The molecule has 0 bridgehead atoms. The summed E-state index contributed by atoms with van der Waals surface area (Å²) in [5, 5.41) is 10.4. The average Bonchev–Trinajstić information content (AvgIpc) is 2.92. The summed E-state index contributed by atoms with van der Waals surface area (Å²) in [5.41, 5.74) is -0.0000435. The first-order valence-electron chi connectivity index (χ1n) is 5.65. The maximum Gasteiger partial charge on any atom is 0.453 e. The van der Waals surface area contributed by atoms with E-state index < -0.39 is 12.0 Å². The lowest BCUT2D eigenvalue weighted by molar-refractivity contribution is -0.146. The largest absolute Gasteiger partial charge is 0.453 e. The SMILES string of the molecule is CN1CN(c2ccc3nnc(C(F)(F)F)n3n2)CC1=O. The maximum atomic E-state index is 12.7. The van der Waals surface area contributed by atoms with Crippen LogP contribution in [0.15, 0.2) is 12.1 Å². The molecule has 0 unspecified atom stereocenters. The van der Waals surface area contributed by atoms with E-state index in [4.69, 9.17) is 0 Å². The lowest BCUT2D eigenvalue weighted by atomic mass is 10.4. The summed E-state index contributed by atoms with van der Waals surface area (Å²) in [4.78, 5) is 14.5. The third-order valence-corrected chi connectivity index (χ3v) is 2.96. The van der Waals surface area contributed by atoms with Crippen LogP contribution in [-0.4, -0.2) is 50.9 Å². The number of amides is 1. The maximum absolute atomic E-state index is 12.7. The van der Waals surface area contributed by atoms with Crippen molar-refractivity contribution in [2.75, 3.05) is 25.2 Å². The Bertz CT molecular complexity index is 681. The van der Waals surface area contributed by atoms with Gasteiger partial charge in [-0.25, -0.2) is 0 Å². The highest BCUT2D eigenvalue weighted by molar-refractivity contribution is 5.84. The van der Waals surface area contributed by atoms with Gasteiger partial charge in [0.1, 0.15) is 6.54 Å². The fourth-order valence-electron chi connectivity index (χ4n) is 1.95. The summed E-state index contributed by atoms with van der Waals surface area (Å²) in [6.45, 7) is 0.360. The molecule has 0 saturated carbocycles. The fourth-order valence-corrected chi connectivity index (χ4v) is 1.95. The van der Waals surface area contributed by atoms with Crippen molar-refractivity contribution in [3.05, 3.63) is 18.0 Å². The first-order valence-corrected chi connectivity index (χ1v) is 5.65. The molecule has 0 atom stereocenters. The molecule has 1 saturated heterocycles. The highest BCUT2D eigenvalue weighted by atomic mass is 19.4. The third-order valence-electron chi connectivity index (χ3n) is 2.96. The number of likely N-dealkylation sites (N-methyl/N-ethyl adjacent to an activating group) is 1. The summed E-state index contributed by atoms with van der Waals surface area (Å²) in [5.74, 6) is -1.04. The summed E-state index contributed by atoms with van der Waals surface area (Å²) in [6, 6.07) is 2.89. The number of nitrogens with zero attached hydrogens (tertiary/aromatic N) is 6. The number of hydrogen-bond acceptors (Lipinski definition) is 5. The molecule has 3 rings (SSSR count). The second kappa shape index (κ2) is 4.05. The quantitative estimate of drug-likeness (QED) is 0.758. The molecule has 20 heavy (non-hydrogen) atoms. The lowest BCUT2D eigenvalue weighted by Crippen LogP contribution is -2.24. The molecule has 0 spiro atoms. The van der Waals surface area contributed by atoms with E-state index >= 15 is 0 Å². The van der Waals surface area contributed by atoms with Gasteiger partial charge in [0.05, 0.1) is 6.67 Å². The van der Waals surface area contributed by atoms with Crippen LogP contribution in [0.5, 0.6) is 0 Å². The molecular weight excluding hydrogens is 277 g/mol. The van der Waals surface area contributed by atoms with Gasteiger partial charge in [-0.05, 0) is 12.1 Å². The second-order valence-electron chi connectivity index (χ2n) is 4.41. The Morgan fingerprint density at radius 2 is 2.00 bits per heavy atom. The standard InChI is InChI=1S/C10H9F3N6O/c1-17-5-18(4-8(17)20)7-3-2-6-14-15-9(10(11,12)13)19(6)16-7/h2-3H,4-5H2,1H3. The molecule has 7 nitrogen and oxygen atoms in total. The predicted octanol–water partition coefficient (Wildman–Crippen LogP) is 0.379. The van der Waals surface area contributed by atoms with Crippen LogP contribution in [0.25, 0.3) is 5.65 Å². The Morgan fingerprint density at radius 3 is 2.60 bits per heavy atom. The van der Waals surface area contributed by atoms with Gasteiger partial charge in [-0.15, -0.1) is 15.3 Å². The first-order chi connectivity index (χ1) is 9.36. The molecule has 0 aromatic carbocycles. The number of carbonyl (C=O) groups excluding carboxylic acids is 1. The van der Waals surface area contributed by atoms with Crippen molar-refractivity contribution in [2.24, 2.45) is 0 Å².